The highest BCUT2D eigenvalue weighted by atomic mass is 35.5. The molecule has 0 atom stereocenters. The van der Waals surface area contributed by atoms with E-state index in [0.29, 0.717) is 12.6 Å². The van der Waals surface area contributed by atoms with Crippen molar-refractivity contribution in [2.24, 2.45) is 0 Å². The van der Waals surface area contributed by atoms with Crippen LogP contribution in [0.15, 0.2) is 24.3 Å². The van der Waals surface area contributed by atoms with E-state index in [1.54, 1.807) is 0 Å². The van der Waals surface area contributed by atoms with E-state index in [9.17, 15) is 0 Å². The van der Waals surface area contributed by atoms with Crippen molar-refractivity contribution >= 4 is 11.6 Å². The summed E-state index contributed by atoms with van der Waals surface area (Å²) < 4.78 is 6.19. The summed E-state index contributed by atoms with van der Waals surface area (Å²) in [5.41, 5.74) is 1.17. The molecule has 19 heavy (non-hydrogen) atoms. The predicted molar refractivity (Wildman–Crippen MR) is 80.6 cm³/mol. The molecule has 0 heterocycles. The minimum absolute atomic E-state index is 0.0844. The van der Waals surface area contributed by atoms with Gasteiger partial charge in [-0.1, -0.05) is 43.6 Å². The number of rotatable bonds is 7. The second-order valence-electron chi connectivity index (χ2n) is 5.78. The van der Waals surface area contributed by atoms with Crippen molar-refractivity contribution in [2.75, 3.05) is 6.54 Å². The van der Waals surface area contributed by atoms with Gasteiger partial charge in [-0.3, -0.25) is 0 Å². The Hall–Kier alpha value is -0.570. The number of hydrogen-bond donors (Lipinski definition) is 1. The average Bonchev–Trinajstić information content (AvgIpc) is 2.33. The van der Waals surface area contributed by atoms with Gasteiger partial charge in [0, 0.05) is 11.1 Å². The number of benzene rings is 1. The minimum Gasteiger partial charge on any atom is -0.370 e. The van der Waals surface area contributed by atoms with Crippen LogP contribution in [0.1, 0.15) is 45.1 Å². The molecule has 2 nitrogen and oxygen atoms in total. The van der Waals surface area contributed by atoms with E-state index >= 15 is 0 Å². The highest BCUT2D eigenvalue weighted by Crippen LogP contribution is 2.39. The molecular formula is C16H24ClNO. The molecule has 0 spiro atoms. The molecule has 0 saturated heterocycles. The van der Waals surface area contributed by atoms with Crippen LogP contribution in [0.2, 0.25) is 5.02 Å². The van der Waals surface area contributed by atoms with E-state index in [-0.39, 0.29) is 5.60 Å². The lowest BCUT2D eigenvalue weighted by molar-refractivity contribution is -0.114. The molecule has 1 aromatic carbocycles. The Balaban J connectivity index is 1.83. The molecule has 0 aliphatic heterocycles. The van der Waals surface area contributed by atoms with Crippen molar-refractivity contribution in [2.45, 2.75) is 57.8 Å². The zero-order valence-corrected chi connectivity index (χ0v) is 12.7. The van der Waals surface area contributed by atoms with Gasteiger partial charge in [0.2, 0.25) is 0 Å². The first-order valence-electron chi connectivity index (χ1n) is 7.22. The second-order valence-corrected chi connectivity index (χ2v) is 6.18. The molecule has 0 amide bonds. The first-order chi connectivity index (χ1) is 9.11. The van der Waals surface area contributed by atoms with Crippen LogP contribution in [-0.4, -0.2) is 18.2 Å². The third-order valence-electron chi connectivity index (χ3n) is 3.89. The van der Waals surface area contributed by atoms with Gasteiger partial charge >= 0.3 is 0 Å². The molecule has 1 saturated carbocycles. The summed E-state index contributed by atoms with van der Waals surface area (Å²) in [4.78, 5) is 0. The fourth-order valence-corrected chi connectivity index (χ4v) is 2.66. The average molecular weight is 282 g/mol. The van der Waals surface area contributed by atoms with Crippen LogP contribution in [0.3, 0.4) is 0 Å². The lowest BCUT2D eigenvalue weighted by Gasteiger charge is -2.42. The maximum Gasteiger partial charge on any atom is 0.0738 e. The van der Waals surface area contributed by atoms with Gasteiger partial charge in [0.25, 0.3) is 0 Å². The summed E-state index contributed by atoms with van der Waals surface area (Å²) in [6.07, 6.45) is 4.73. The molecule has 3 heteroatoms. The van der Waals surface area contributed by atoms with Gasteiger partial charge in [0.15, 0.2) is 0 Å². The molecule has 1 aromatic rings. The molecule has 106 valence electrons. The molecule has 0 radical (unpaired) electrons. The molecule has 1 N–H and O–H groups in total. The highest BCUT2D eigenvalue weighted by Gasteiger charge is 2.37. The van der Waals surface area contributed by atoms with Crippen LogP contribution in [-0.2, 0) is 11.3 Å². The summed E-state index contributed by atoms with van der Waals surface area (Å²) >= 11 is 6.17. The van der Waals surface area contributed by atoms with Gasteiger partial charge < -0.3 is 10.1 Å². The number of hydrogen-bond acceptors (Lipinski definition) is 2. The van der Waals surface area contributed by atoms with E-state index in [0.717, 1.165) is 23.6 Å². The molecular weight excluding hydrogens is 258 g/mol. The monoisotopic (exact) mass is 281 g/mol. The standard InChI is InChI=1S/C16H24ClNO/c1-13(2)18-11-10-16(8-5-9-16)19-12-14-6-3-4-7-15(14)17/h3-4,6-7,13,18H,5,8-12H2,1-2H3. The molecule has 2 rings (SSSR count). The first kappa shape index (κ1) is 14.8. The Labute approximate surface area is 121 Å². The normalized spacial score (nSPS) is 17.5. The van der Waals surface area contributed by atoms with Gasteiger partial charge in [0.1, 0.15) is 0 Å². The molecule has 0 bridgehead atoms. The summed E-state index contributed by atoms with van der Waals surface area (Å²) in [7, 11) is 0. The largest absolute Gasteiger partial charge is 0.370 e. The minimum atomic E-state index is 0.0844. The van der Waals surface area contributed by atoms with Crippen LogP contribution in [0.4, 0.5) is 0 Å². The molecule has 0 aromatic heterocycles. The Morgan fingerprint density at radius 2 is 2.05 bits per heavy atom. The summed E-state index contributed by atoms with van der Waals surface area (Å²) in [5.74, 6) is 0. The lowest BCUT2D eigenvalue weighted by atomic mass is 9.77. The SMILES string of the molecule is CC(C)NCCC1(OCc2ccccc2Cl)CCC1. The quantitative estimate of drug-likeness (QED) is 0.810. The van der Waals surface area contributed by atoms with Gasteiger partial charge in [-0.25, -0.2) is 0 Å². The van der Waals surface area contributed by atoms with Crippen molar-refractivity contribution in [1.29, 1.82) is 0 Å². The fourth-order valence-electron chi connectivity index (χ4n) is 2.47. The predicted octanol–water partition coefficient (Wildman–Crippen LogP) is 4.17. The van der Waals surface area contributed by atoms with Gasteiger partial charge in [0.05, 0.1) is 12.2 Å². The van der Waals surface area contributed by atoms with Crippen LogP contribution in [0.25, 0.3) is 0 Å². The van der Waals surface area contributed by atoms with Crippen molar-refractivity contribution in [3.63, 3.8) is 0 Å². The second kappa shape index (κ2) is 6.74. The van der Waals surface area contributed by atoms with Crippen molar-refractivity contribution in [1.82, 2.24) is 5.32 Å². The van der Waals surface area contributed by atoms with Gasteiger partial charge in [-0.2, -0.15) is 0 Å². The maximum absolute atomic E-state index is 6.19. The molecule has 1 fully saturated rings. The van der Waals surface area contributed by atoms with Crippen molar-refractivity contribution < 1.29 is 4.74 Å². The first-order valence-corrected chi connectivity index (χ1v) is 7.60. The van der Waals surface area contributed by atoms with E-state index in [1.165, 1.54) is 19.3 Å². The highest BCUT2D eigenvalue weighted by molar-refractivity contribution is 6.31. The van der Waals surface area contributed by atoms with Crippen LogP contribution >= 0.6 is 11.6 Å². The Bertz CT molecular complexity index is 401. The number of halogens is 1. The molecule has 1 aliphatic carbocycles. The van der Waals surface area contributed by atoms with Crippen LogP contribution in [0.5, 0.6) is 0 Å². The Morgan fingerprint density at radius 3 is 2.63 bits per heavy atom. The summed E-state index contributed by atoms with van der Waals surface area (Å²) in [5, 5.41) is 4.28. The Morgan fingerprint density at radius 1 is 1.32 bits per heavy atom. The lowest BCUT2D eigenvalue weighted by Crippen LogP contribution is -2.43. The topological polar surface area (TPSA) is 21.3 Å². The number of ether oxygens (including phenoxy) is 1. The smallest absolute Gasteiger partial charge is 0.0738 e. The molecule has 1 aliphatic rings. The summed E-state index contributed by atoms with van der Waals surface area (Å²) in [6, 6.07) is 8.48. The van der Waals surface area contributed by atoms with Crippen molar-refractivity contribution in [3.8, 4) is 0 Å². The van der Waals surface area contributed by atoms with E-state index in [4.69, 9.17) is 16.3 Å². The van der Waals surface area contributed by atoms with E-state index in [2.05, 4.69) is 19.2 Å². The number of nitrogens with one attached hydrogen (secondary N) is 1. The van der Waals surface area contributed by atoms with Crippen LogP contribution < -0.4 is 5.32 Å². The molecule has 0 unspecified atom stereocenters. The third kappa shape index (κ3) is 4.20. The van der Waals surface area contributed by atoms with E-state index in [1.807, 2.05) is 24.3 Å². The van der Waals surface area contributed by atoms with Gasteiger partial charge in [-0.05, 0) is 43.9 Å². The Kier molecular flexibility index (Phi) is 5.26. The van der Waals surface area contributed by atoms with Crippen LogP contribution in [0, 0.1) is 0 Å². The summed E-state index contributed by atoms with van der Waals surface area (Å²) in [6.45, 7) is 6.01. The zero-order valence-electron chi connectivity index (χ0n) is 11.9. The maximum atomic E-state index is 6.19. The fraction of sp³-hybridized carbons (Fsp3) is 0.625. The van der Waals surface area contributed by atoms with E-state index < -0.39 is 0 Å². The third-order valence-corrected chi connectivity index (χ3v) is 4.26. The van der Waals surface area contributed by atoms with Gasteiger partial charge in [-0.15, -0.1) is 0 Å². The zero-order chi connectivity index (χ0) is 13.7. The van der Waals surface area contributed by atoms with Crippen molar-refractivity contribution in [3.05, 3.63) is 34.9 Å².